The Kier molecular flexibility index (Phi) is 8.97. The van der Waals surface area contributed by atoms with Gasteiger partial charge in [-0.1, -0.05) is 13.0 Å². The lowest BCUT2D eigenvalue weighted by Crippen LogP contribution is -2.52. The number of ether oxygens (including phenoxy) is 1. The molecule has 180 valence electrons. The van der Waals surface area contributed by atoms with Crippen LogP contribution in [-0.4, -0.2) is 73.2 Å². The molecular weight excluding hydrogens is 400 g/mol. The lowest BCUT2D eigenvalue weighted by Gasteiger charge is -2.39. The van der Waals surface area contributed by atoms with Gasteiger partial charge in [-0.3, -0.25) is 9.69 Å². The number of likely N-dealkylation sites (tertiary alicyclic amines) is 2. The molecule has 2 atom stereocenters. The molecule has 2 aliphatic rings. The van der Waals surface area contributed by atoms with Crippen molar-refractivity contribution < 1.29 is 9.53 Å². The number of carbonyl (C=O) groups is 1. The van der Waals surface area contributed by atoms with Gasteiger partial charge in [0.15, 0.2) is 0 Å². The van der Waals surface area contributed by atoms with E-state index in [9.17, 15) is 4.79 Å². The standard InChI is InChI=1S/C26H44N4O2/c1-7-12-29-13-10-23(11-14-29)30-17-22(15-24(30)26(31)28-18(2)3)27-16-21-8-9-25(32-6)20(5)19(21)4/h8-9,18,22-24,27H,7,10-17H2,1-6H3,(H,28,31)/t22-,24-/m0/s1. The summed E-state index contributed by atoms with van der Waals surface area (Å²) in [5.74, 6) is 1.13. The fourth-order valence-electron chi connectivity index (χ4n) is 5.36. The Morgan fingerprint density at radius 3 is 2.53 bits per heavy atom. The minimum absolute atomic E-state index is 0.0312. The van der Waals surface area contributed by atoms with E-state index < -0.39 is 0 Å². The number of hydrogen-bond acceptors (Lipinski definition) is 5. The average Bonchev–Trinajstić information content (AvgIpc) is 3.20. The quantitative estimate of drug-likeness (QED) is 0.612. The molecule has 0 radical (unpaired) electrons. The highest BCUT2D eigenvalue weighted by Gasteiger charge is 2.41. The maximum atomic E-state index is 13.1. The molecule has 0 aliphatic carbocycles. The maximum absolute atomic E-state index is 13.1. The minimum atomic E-state index is -0.0312. The molecule has 6 heteroatoms. The van der Waals surface area contributed by atoms with Crippen molar-refractivity contribution in [2.24, 2.45) is 0 Å². The third kappa shape index (κ3) is 6.03. The molecule has 3 rings (SSSR count). The van der Waals surface area contributed by atoms with Crippen molar-refractivity contribution in [2.45, 2.75) is 91.0 Å². The zero-order chi connectivity index (χ0) is 23.3. The topological polar surface area (TPSA) is 56.8 Å². The maximum Gasteiger partial charge on any atom is 0.237 e. The first-order chi connectivity index (χ1) is 15.3. The second-order valence-corrected chi connectivity index (χ2v) is 9.94. The van der Waals surface area contributed by atoms with Crippen LogP contribution in [0.3, 0.4) is 0 Å². The second-order valence-electron chi connectivity index (χ2n) is 9.94. The number of benzene rings is 1. The molecular formula is C26H44N4O2. The molecule has 0 spiro atoms. The first-order valence-electron chi connectivity index (χ1n) is 12.5. The molecule has 32 heavy (non-hydrogen) atoms. The normalized spacial score (nSPS) is 23.1. The Morgan fingerprint density at radius 1 is 1.19 bits per heavy atom. The summed E-state index contributed by atoms with van der Waals surface area (Å²) < 4.78 is 5.46. The summed E-state index contributed by atoms with van der Waals surface area (Å²) in [7, 11) is 1.72. The van der Waals surface area contributed by atoms with Gasteiger partial charge in [-0.25, -0.2) is 0 Å². The fourth-order valence-corrected chi connectivity index (χ4v) is 5.36. The molecule has 2 fully saturated rings. The van der Waals surface area contributed by atoms with Gasteiger partial charge in [-0.05, 0) is 95.8 Å². The highest BCUT2D eigenvalue weighted by molar-refractivity contribution is 5.82. The molecule has 0 saturated carbocycles. The molecule has 1 amide bonds. The molecule has 1 aromatic carbocycles. The number of piperidine rings is 1. The van der Waals surface area contributed by atoms with Gasteiger partial charge in [0.05, 0.1) is 13.2 Å². The summed E-state index contributed by atoms with van der Waals surface area (Å²) in [6.07, 6.45) is 4.41. The van der Waals surface area contributed by atoms with Crippen LogP contribution < -0.4 is 15.4 Å². The number of methoxy groups -OCH3 is 1. The number of hydrogen-bond donors (Lipinski definition) is 2. The smallest absolute Gasteiger partial charge is 0.237 e. The fraction of sp³-hybridized carbons (Fsp3) is 0.731. The van der Waals surface area contributed by atoms with Gasteiger partial charge < -0.3 is 20.3 Å². The molecule has 2 N–H and O–H groups in total. The number of amides is 1. The average molecular weight is 445 g/mol. The molecule has 0 bridgehead atoms. The lowest BCUT2D eigenvalue weighted by molar-refractivity contribution is -0.127. The third-order valence-corrected chi connectivity index (χ3v) is 7.29. The van der Waals surface area contributed by atoms with E-state index in [4.69, 9.17) is 4.74 Å². The lowest BCUT2D eigenvalue weighted by atomic mass is 10.0. The first-order valence-corrected chi connectivity index (χ1v) is 12.5. The van der Waals surface area contributed by atoms with E-state index in [0.29, 0.717) is 12.1 Å². The predicted molar refractivity (Wildman–Crippen MR) is 131 cm³/mol. The number of nitrogens with zero attached hydrogens (tertiary/aromatic N) is 2. The van der Waals surface area contributed by atoms with Crippen molar-refractivity contribution in [1.29, 1.82) is 0 Å². The van der Waals surface area contributed by atoms with Gasteiger partial charge >= 0.3 is 0 Å². The largest absolute Gasteiger partial charge is 0.496 e. The van der Waals surface area contributed by atoms with Gasteiger partial charge in [-0.15, -0.1) is 0 Å². The molecule has 2 aliphatic heterocycles. The summed E-state index contributed by atoms with van der Waals surface area (Å²) in [5, 5.41) is 6.94. The Hall–Kier alpha value is -1.63. The Labute approximate surface area is 195 Å². The monoisotopic (exact) mass is 444 g/mol. The zero-order valence-corrected chi connectivity index (χ0v) is 21.0. The Morgan fingerprint density at radius 2 is 1.91 bits per heavy atom. The van der Waals surface area contributed by atoms with E-state index in [1.165, 1.54) is 29.7 Å². The second kappa shape index (κ2) is 11.5. The van der Waals surface area contributed by atoms with Crippen molar-refractivity contribution in [3.05, 3.63) is 28.8 Å². The van der Waals surface area contributed by atoms with Crippen molar-refractivity contribution in [3.63, 3.8) is 0 Å². The van der Waals surface area contributed by atoms with E-state index >= 15 is 0 Å². The van der Waals surface area contributed by atoms with E-state index in [2.05, 4.69) is 53.3 Å². The van der Waals surface area contributed by atoms with Crippen molar-refractivity contribution in [1.82, 2.24) is 20.4 Å². The summed E-state index contributed by atoms with van der Waals surface area (Å²) >= 11 is 0. The SMILES string of the molecule is CCCN1CCC(N2C[C@@H](NCc3ccc(OC)c(C)c3C)C[C@H]2C(=O)NC(C)C)CC1. The van der Waals surface area contributed by atoms with Gasteiger partial charge in [-0.2, -0.15) is 0 Å². The molecule has 0 aromatic heterocycles. The highest BCUT2D eigenvalue weighted by atomic mass is 16.5. The van der Waals surface area contributed by atoms with Crippen LogP contribution in [0.15, 0.2) is 12.1 Å². The van der Waals surface area contributed by atoms with Crippen LogP contribution in [0.1, 0.15) is 63.1 Å². The van der Waals surface area contributed by atoms with Gasteiger partial charge in [0.25, 0.3) is 0 Å². The summed E-state index contributed by atoms with van der Waals surface area (Å²) in [5.41, 5.74) is 3.79. The van der Waals surface area contributed by atoms with Crippen LogP contribution in [-0.2, 0) is 11.3 Å². The van der Waals surface area contributed by atoms with E-state index in [1.807, 2.05) is 13.8 Å². The van der Waals surface area contributed by atoms with Crippen molar-refractivity contribution >= 4 is 5.91 Å². The third-order valence-electron chi connectivity index (χ3n) is 7.29. The zero-order valence-electron chi connectivity index (χ0n) is 21.0. The van der Waals surface area contributed by atoms with E-state index in [-0.39, 0.29) is 18.0 Å². The van der Waals surface area contributed by atoms with Gasteiger partial charge in [0.1, 0.15) is 5.75 Å². The molecule has 2 saturated heterocycles. The van der Waals surface area contributed by atoms with E-state index in [0.717, 1.165) is 51.2 Å². The van der Waals surface area contributed by atoms with Crippen LogP contribution in [0.4, 0.5) is 0 Å². The van der Waals surface area contributed by atoms with Crippen LogP contribution in [0, 0.1) is 13.8 Å². The minimum Gasteiger partial charge on any atom is -0.496 e. The summed E-state index contributed by atoms with van der Waals surface area (Å²) in [6, 6.07) is 5.19. The Bertz CT molecular complexity index is 758. The molecule has 2 heterocycles. The summed E-state index contributed by atoms with van der Waals surface area (Å²) in [6.45, 7) is 15.9. The van der Waals surface area contributed by atoms with Crippen LogP contribution in [0.2, 0.25) is 0 Å². The Balaban J connectivity index is 1.65. The highest BCUT2D eigenvalue weighted by Crippen LogP contribution is 2.28. The number of carbonyl (C=O) groups excluding carboxylic acids is 1. The molecule has 6 nitrogen and oxygen atoms in total. The molecule has 1 aromatic rings. The number of nitrogens with one attached hydrogen (secondary N) is 2. The van der Waals surface area contributed by atoms with E-state index in [1.54, 1.807) is 7.11 Å². The predicted octanol–water partition coefficient (Wildman–Crippen LogP) is 3.24. The van der Waals surface area contributed by atoms with Crippen LogP contribution in [0.5, 0.6) is 5.75 Å². The first kappa shape index (κ1) is 25.0. The number of rotatable bonds is 9. The van der Waals surface area contributed by atoms with Crippen molar-refractivity contribution in [2.75, 3.05) is 33.3 Å². The van der Waals surface area contributed by atoms with Crippen LogP contribution in [0.25, 0.3) is 0 Å². The molecule has 0 unspecified atom stereocenters. The summed E-state index contributed by atoms with van der Waals surface area (Å²) in [4.78, 5) is 18.1. The van der Waals surface area contributed by atoms with Gasteiger partial charge in [0, 0.05) is 31.2 Å². The van der Waals surface area contributed by atoms with Gasteiger partial charge in [0.2, 0.25) is 5.91 Å². The van der Waals surface area contributed by atoms with Crippen molar-refractivity contribution in [3.8, 4) is 5.75 Å². The van der Waals surface area contributed by atoms with Crippen LogP contribution >= 0.6 is 0 Å².